The molecule has 0 aromatic rings. The third-order valence-electron chi connectivity index (χ3n) is 3.82. The fourth-order valence-corrected chi connectivity index (χ4v) is 2.22. The highest BCUT2D eigenvalue weighted by Gasteiger charge is 2.51. The predicted octanol–water partition coefficient (Wildman–Crippen LogP) is 0.0987. The Morgan fingerprint density at radius 3 is 2.47 bits per heavy atom. The van der Waals surface area contributed by atoms with Crippen molar-refractivity contribution in [3.8, 4) is 0 Å². The maximum absolute atomic E-state index is 12.2. The van der Waals surface area contributed by atoms with E-state index >= 15 is 0 Å². The number of amides is 1. The molecular formula is C11H20N2O2. The minimum absolute atomic E-state index is 0.0584. The van der Waals surface area contributed by atoms with Crippen LogP contribution in [0.3, 0.4) is 0 Å². The first-order valence-electron chi connectivity index (χ1n) is 5.85. The molecular weight excluding hydrogens is 192 g/mol. The molecule has 15 heavy (non-hydrogen) atoms. The summed E-state index contributed by atoms with van der Waals surface area (Å²) in [6.45, 7) is 0.995. The van der Waals surface area contributed by atoms with Gasteiger partial charge in [-0.05, 0) is 32.1 Å². The van der Waals surface area contributed by atoms with E-state index in [4.69, 9.17) is 10.8 Å². The molecule has 0 aromatic heterocycles. The number of carbonyl (C=O) groups is 1. The highest BCUT2D eigenvalue weighted by molar-refractivity contribution is 5.86. The molecule has 0 bridgehead atoms. The standard InChI is InChI=1S/C11H20N2O2/c12-8-11(4-5-11)10(15)13(6-7-14)9-2-1-3-9/h9,14H,1-8,12H2. The van der Waals surface area contributed by atoms with Crippen LogP contribution in [-0.4, -0.2) is 41.7 Å². The summed E-state index contributed by atoms with van der Waals surface area (Å²) >= 11 is 0. The van der Waals surface area contributed by atoms with E-state index in [1.165, 1.54) is 6.42 Å². The summed E-state index contributed by atoms with van der Waals surface area (Å²) in [5.74, 6) is 0.184. The van der Waals surface area contributed by atoms with Crippen LogP contribution >= 0.6 is 0 Å². The molecule has 0 saturated heterocycles. The Morgan fingerprint density at radius 2 is 2.13 bits per heavy atom. The molecule has 1 amide bonds. The molecule has 2 aliphatic carbocycles. The minimum atomic E-state index is -0.259. The summed E-state index contributed by atoms with van der Waals surface area (Å²) < 4.78 is 0. The zero-order valence-electron chi connectivity index (χ0n) is 9.11. The molecule has 0 spiro atoms. The fourth-order valence-electron chi connectivity index (χ4n) is 2.22. The van der Waals surface area contributed by atoms with Crippen LogP contribution in [0.4, 0.5) is 0 Å². The van der Waals surface area contributed by atoms with Gasteiger partial charge in [0.15, 0.2) is 0 Å². The summed E-state index contributed by atoms with van der Waals surface area (Å²) in [6, 6.07) is 0.369. The molecule has 2 rings (SSSR count). The molecule has 0 unspecified atom stereocenters. The van der Waals surface area contributed by atoms with E-state index in [0.717, 1.165) is 25.7 Å². The first kappa shape index (κ1) is 10.9. The first-order valence-corrected chi connectivity index (χ1v) is 5.85. The maximum atomic E-state index is 12.2. The molecule has 2 aliphatic rings. The van der Waals surface area contributed by atoms with Gasteiger partial charge in [0, 0.05) is 19.1 Å². The van der Waals surface area contributed by atoms with Gasteiger partial charge in [-0.1, -0.05) is 0 Å². The van der Waals surface area contributed by atoms with Crippen LogP contribution in [0.5, 0.6) is 0 Å². The van der Waals surface area contributed by atoms with Crippen LogP contribution in [0, 0.1) is 5.41 Å². The van der Waals surface area contributed by atoms with Gasteiger partial charge in [-0.15, -0.1) is 0 Å². The van der Waals surface area contributed by atoms with E-state index in [1.807, 2.05) is 4.90 Å². The first-order chi connectivity index (χ1) is 7.23. The Bertz CT molecular complexity index is 247. The smallest absolute Gasteiger partial charge is 0.230 e. The lowest BCUT2D eigenvalue weighted by molar-refractivity contribution is -0.141. The lowest BCUT2D eigenvalue weighted by Gasteiger charge is -2.39. The van der Waals surface area contributed by atoms with Gasteiger partial charge in [-0.25, -0.2) is 0 Å². The van der Waals surface area contributed by atoms with E-state index in [2.05, 4.69) is 0 Å². The lowest BCUT2D eigenvalue weighted by Crippen LogP contribution is -2.50. The van der Waals surface area contributed by atoms with Crippen molar-refractivity contribution in [3.05, 3.63) is 0 Å². The largest absolute Gasteiger partial charge is 0.395 e. The second-order valence-corrected chi connectivity index (χ2v) is 4.79. The molecule has 0 radical (unpaired) electrons. The maximum Gasteiger partial charge on any atom is 0.230 e. The van der Waals surface area contributed by atoms with Crippen LogP contribution in [0.25, 0.3) is 0 Å². The van der Waals surface area contributed by atoms with E-state index < -0.39 is 0 Å². The van der Waals surface area contributed by atoms with Crippen molar-refractivity contribution >= 4 is 5.91 Å². The molecule has 86 valence electrons. The predicted molar refractivity (Wildman–Crippen MR) is 57.2 cm³/mol. The number of nitrogens with two attached hydrogens (primary N) is 1. The van der Waals surface area contributed by atoms with Crippen molar-refractivity contribution in [2.45, 2.75) is 38.1 Å². The highest BCUT2D eigenvalue weighted by atomic mass is 16.3. The molecule has 0 atom stereocenters. The molecule has 4 heteroatoms. The summed E-state index contributed by atoms with van der Waals surface area (Å²) in [4.78, 5) is 14.1. The van der Waals surface area contributed by atoms with Gasteiger partial charge in [0.25, 0.3) is 0 Å². The highest BCUT2D eigenvalue weighted by Crippen LogP contribution is 2.47. The van der Waals surface area contributed by atoms with Crippen molar-refractivity contribution in [1.82, 2.24) is 4.90 Å². The number of hydrogen-bond acceptors (Lipinski definition) is 3. The van der Waals surface area contributed by atoms with Gasteiger partial charge in [-0.2, -0.15) is 0 Å². The Labute approximate surface area is 90.4 Å². The SMILES string of the molecule is NCC1(C(=O)N(CCO)C2CCC2)CC1. The van der Waals surface area contributed by atoms with E-state index in [1.54, 1.807) is 0 Å². The fraction of sp³-hybridized carbons (Fsp3) is 0.909. The quantitative estimate of drug-likeness (QED) is 0.679. The van der Waals surface area contributed by atoms with Gasteiger partial charge in [0.1, 0.15) is 0 Å². The van der Waals surface area contributed by atoms with Gasteiger partial charge < -0.3 is 15.7 Å². The zero-order chi connectivity index (χ0) is 10.9. The third-order valence-corrected chi connectivity index (χ3v) is 3.82. The van der Waals surface area contributed by atoms with E-state index in [9.17, 15) is 4.79 Å². The minimum Gasteiger partial charge on any atom is -0.395 e. The topological polar surface area (TPSA) is 66.6 Å². The lowest BCUT2D eigenvalue weighted by atomic mass is 9.90. The normalized spacial score (nSPS) is 23.3. The summed E-state index contributed by atoms with van der Waals surface area (Å²) in [5, 5.41) is 8.99. The van der Waals surface area contributed by atoms with Gasteiger partial charge >= 0.3 is 0 Å². The number of hydrogen-bond donors (Lipinski definition) is 2. The van der Waals surface area contributed by atoms with Crippen LogP contribution in [0.1, 0.15) is 32.1 Å². The molecule has 0 aliphatic heterocycles. The second-order valence-electron chi connectivity index (χ2n) is 4.79. The Kier molecular flexibility index (Phi) is 2.98. The number of rotatable bonds is 5. The van der Waals surface area contributed by atoms with Crippen LogP contribution in [0.2, 0.25) is 0 Å². The number of aliphatic hydroxyl groups is 1. The number of nitrogens with zero attached hydrogens (tertiary/aromatic N) is 1. The average Bonchev–Trinajstić information content (AvgIpc) is 2.94. The summed E-state index contributed by atoms with van der Waals surface area (Å²) in [5.41, 5.74) is 5.39. The summed E-state index contributed by atoms with van der Waals surface area (Å²) in [7, 11) is 0. The van der Waals surface area contributed by atoms with Crippen molar-refractivity contribution < 1.29 is 9.90 Å². The third kappa shape index (κ3) is 1.88. The molecule has 2 fully saturated rings. The molecule has 4 nitrogen and oxygen atoms in total. The molecule has 3 N–H and O–H groups in total. The van der Waals surface area contributed by atoms with Gasteiger partial charge in [-0.3, -0.25) is 4.79 Å². The van der Waals surface area contributed by atoms with Crippen LogP contribution in [0.15, 0.2) is 0 Å². The average molecular weight is 212 g/mol. The van der Waals surface area contributed by atoms with Crippen molar-refractivity contribution in [2.75, 3.05) is 19.7 Å². The second kappa shape index (κ2) is 4.10. The molecule has 2 saturated carbocycles. The van der Waals surface area contributed by atoms with E-state index in [0.29, 0.717) is 19.1 Å². The van der Waals surface area contributed by atoms with Crippen molar-refractivity contribution in [3.63, 3.8) is 0 Å². The zero-order valence-corrected chi connectivity index (χ0v) is 9.11. The van der Waals surface area contributed by atoms with Crippen LogP contribution in [-0.2, 0) is 4.79 Å². The molecule has 0 aromatic carbocycles. The molecule has 0 heterocycles. The van der Waals surface area contributed by atoms with Crippen molar-refractivity contribution in [2.24, 2.45) is 11.1 Å². The van der Waals surface area contributed by atoms with Crippen molar-refractivity contribution in [1.29, 1.82) is 0 Å². The monoisotopic (exact) mass is 212 g/mol. The van der Waals surface area contributed by atoms with Gasteiger partial charge in [0.05, 0.1) is 12.0 Å². The van der Waals surface area contributed by atoms with Gasteiger partial charge in [0.2, 0.25) is 5.91 Å². The Hall–Kier alpha value is -0.610. The number of carbonyl (C=O) groups excluding carboxylic acids is 1. The summed E-state index contributed by atoms with van der Waals surface area (Å²) in [6.07, 6.45) is 5.24. The Balaban J connectivity index is 2.00. The number of aliphatic hydroxyl groups excluding tert-OH is 1. The van der Waals surface area contributed by atoms with E-state index in [-0.39, 0.29) is 17.9 Å². The Morgan fingerprint density at radius 1 is 1.47 bits per heavy atom. The van der Waals surface area contributed by atoms with Crippen LogP contribution < -0.4 is 5.73 Å².